The normalized spacial score (nSPS) is 15.2. The van der Waals surface area contributed by atoms with Gasteiger partial charge in [-0.1, -0.05) is 15.9 Å². The molecule has 8 nitrogen and oxygen atoms in total. The number of nitrogens with zero attached hydrogens (tertiary/aromatic N) is 2. The number of aromatic nitrogens is 2. The van der Waals surface area contributed by atoms with Crippen LogP contribution in [0.3, 0.4) is 0 Å². The first kappa shape index (κ1) is 17.6. The SMILES string of the molecule is O=C(O)c1[nH]c(=O)n(-c2ccc(Br)cc2)c(=O)c1CN1CCOCC1. The van der Waals surface area contributed by atoms with E-state index in [9.17, 15) is 19.5 Å². The lowest BCUT2D eigenvalue weighted by Gasteiger charge is -2.26. The van der Waals surface area contributed by atoms with Crippen LogP contribution in [0.1, 0.15) is 16.1 Å². The molecule has 1 aromatic carbocycles. The molecular weight excluding hydrogens is 394 g/mol. The first-order valence-electron chi connectivity index (χ1n) is 7.65. The van der Waals surface area contributed by atoms with E-state index in [2.05, 4.69) is 20.9 Å². The number of morpholine rings is 1. The van der Waals surface area contributed by atoms with Crippen LogP contribution in [0.15, 0.2) is 38.3 Å². The molecule has 0 bridgehead atoms. The summed E-state index contributed by atoms with van der Waals surface area (Å²) in [6.07, 6.45) is 0. The quantitative estimate of drug-likeness (QED) is 0.774. The van der Waals surface area contributed by atoms with Crippen LogP contribution in [-0.4, -0.2) is 51.8 Å². The number of benzene rings is 1. The van der Waals surface area contributed by atoms with Crippen molar-refractivity contribution in [2.75, 3.05) is 26.3 Å². The molecule has 0 saturated carbocycles. The van der Waals surface area contributed by atoms with Gasteiger partial charge in [0.25, 0.3) is 5.56 Å². The predicted octanol–water partition coefficient (Wildman–Crippen LogP) is 0.819. The van der Waals surface area contributed by atoms with Gasteiger partial charge in [0.1, 0.15) is 5.69 Å². The van der Waals surface area contributed by atoms with Gasteiger partial charge in [0.05, 0.1) is 24.5 Å². The van der Waals surface area contributed by atoms with E-state index in [1.54, 1.807) is 24.3 Å². The summed E-state index contributed by atoms with van der Waals surface area (Å²) in [4.78, 5) is 40.9. The van der Waals surface area contributed by atoms with Crippen LogP contribution in [-0.2, 0) is 11.3 Å². The summed E-state index contributed by atoms with van der Waals surface area (Å²) in [5.74, 6) is -1.33. The molecule has 132 valence electrons. The molecule has 0 atom stereocenters. The van der Waals surface area contributed by atoms with Crippen LogP contribution in [0.2, 0.25) is 0 Å². The Morgan fingerprint density at radius 3 is 2.44 bits per heavy atom. The molecule has 0 radical (unpaired) electrons. The van der Waals surface area contributed by atoms with Crippen LogP contribution in [0.4, 0.5) is 0 Å². The second-order valence-corrected chi connectivity index (χ2v) is 6.51. The van der Waals surface area contributed by atoms with Gasteiger partial charge in [-0.25, -0.2) is 14.2 Å². The number of carbonyl (C=O) groups is 1. The summed E-state index contributed by atoms with van der Waals surface area (Å²) in [5, 5.41) is 9.37. The van der Waals surface area contributed by atoms with Crippen molar-refractivity contribution in [3.8, 4) is 5.69 Å². The van der Waals surface area contributed by atoms with Crippen LogP contribution in [0.25, 0.3) is 5.69 Å². The van der Waals surface area contributed by atoms with Crippen molar-refractivity contribution in [2.45, 2.75) is 6.54 Å². The smallest absolute Gasteiger partial charge is 0.352 e. The minimum absolute atomic E-state index is 0.0527. The monoisotopic (exact) mass is 409 g/mol. The second-order valence-electron chi connectivity index (χ2n) is 5.59. The maximum absolute atomic E-state index is 12.9. The van der Waals surface area contributed by atoms with E-state index in [4.69, 9.17) is 4.74 Å². The minimum Gasteiger partial charge on any atom is -0.477 e. The Balaban J connectivity index is 2.12. The van der Waals surface area contributed by atoms with Gasteiger partial charge in [0, 0.05) is 24.1 Å². The Labute approximate surface area is 150 Å². The Morgan fingerprint density at radius 2 is 1.84 bits per heavy atom. The van der Waals surface area contributed by atoms with Crippen molar-refractivity contribution in [1.29, 1.82) is 0 Å². The molecule has 0 amide bonds. The van der Waals surface area contributed by atoms with Gasteiger partial charge in [0.15, 0.2) is 0 Å². The van der Waals surface area contributed by atoms with Gasteiger partial charge in [-0.2, -0.15) is 0 Å². The van der Waals surface area contributed by atoms with Crippen molar-refractivity contribution in [2.24, 2.45) is 0 Å². The van der Waals surface area contributed by atoms with E-state index in [0.717, 1.165) is 9.04 Å². The average molecular weight is 410 g/mol. The topological polar surface area (TPSA) is 105 Å². The van der Waals surface area contributed by atoms with E-state index in [-0.39, 0.29) is 17.8 Å². The van der Waals surface area contributed by atoms with Gasteiger partial charge in [-0.15, -0.1) is 0 Å². The third-order valence-corrected chi connectivity index (χ3v) is 4.51. The van der Waals surface area contributed by atoms with Gasteiger partial charge >= 0.3 is 11.7 Å². The van der Waals surface area contributed by atoms with Crippen LogP contribution in [0, 0.1) is 0 Å². The highest BCUT2D eigenvalue weighted by atomic mass is 79.9. The highest BCUT2D eigenvalue weighted by molar-refractivity contribution is 9.10. The number of carboxylic acids is 1. The first-order valence-corrected chi connectivity index (χ1v) is 8.44. The summed E-state index contributed by atoms with van der Waals surface area (Å²) in [7, 11) is 0. The number of rotatable bonds is 4. The molecule has 3 rings (SSSR count). The maximum atomic E-state index is 12.9. The van der Waals surface area contributed by atoms with Crippen molar-refractivity contribution < 1.29 is 14.6 Å². The van der Waals surface area contributed by atoms with E-state index in [0.29, 0.717) is 32.0 Å². The highest BCUT2D eigenvalue weighted by Gasteiger charge is 2.22. The zero-order valence-corrected chi connectivity index (χ0v) is 14.8. The number of hydrogen-bond acceptors (Lipinski definition) is 5. The number of aromatic amines is 1. The van der Waals surface area contributed by atoms with Crippen molar-refractivity contribution in [3.63, 3.8) is 0 Å². The summed E-state index contributed by atoms with van der Waals surface area (Å²) < 4.78 is 7.02. The zero-order valence-electron chi connectivity index (χ0n) is 13.2. The van der Waals surface area contributed by atoms with Gasteiger partial charge in [-0.05, 0) is 24.3 Å². The van der Waals surface area contributed by atoms with Crippen LogP contribution >= 0.6 is 15.9 Å². The predicted molar refractivity (Wildman–Crippen MR) is 93.4 cm³/mol. The molecule has 25 heavy (non-hydrogen) atoms. The second kappa shape index (κ2) is 7.34. The Kier molecular flexibility index (Phi) is 5.16. The lowest BCUT2D eigenvalue weighted by atomic mass is 10.2. The molecule has 0 aliphatic carbocycles. The highest BCUT2D eigenvalue weighted by Crippen LogP contribution is 2.13. The van der Waals surface area contributed by atoms with E-state index < -0.39 is 17.2 Å². The minimum atomic E-state index is -1.33. The number of hydrogen-bond donors (Lipinski definition) is 2. The Hall–Kier alpha value is -2.23. The van der Waals surface area contributed by atoms with E-state index in [1.165, 1.54) is 0 Å². The lowest BCUT2D eigenvalue weighted by Crippen LogP contribution is -2.42. The van der Waals surface area contributed by atoms with Crippen LogP contribution in [0.5, 0.6) is 0 Å². The summed E-state index contributed by atoms with van der Waals surface area (Å²) >= 11 is 3.30. The number of ether oxygens (including phenoxy) is 1. The molecule has 2 N–H and O–H groups in total. The first-order chi connectivity index (χ1) is 12.0. The lowest BCUT2D eigenvalue weighted by molar-refractivity contribution is 0.0336. The summed E-state index contributed by atoms with van der Waals surface area (Å²) in [6, 6.07) is 6.63. The van der Waals surface area contributed by atoms with Crippen molar-refractivity contribution in [1.82, 2.24) is 14.5 Å². The average Bonchev–Trinajstić information content (AvgIpc) is 2.59. The third kappa shape index (κ3) is 3.73. The molecule has 1 saturated heterocycles. The molecule has 9 heteroatoms. The fraction of sp³-hybridized carbons (Fsp3) is 0.312. The molecule has 2 heterocycles. The van der Waals surface area contributed by atoms with Crippen molar-refractivity contribution >= 4 is 21.9 Å². The molecule has 1 aliphatic rings. The largest absolute Gasteiger partial charge is 0.477 e. The van der Waals surface area contributed by atoms with Crippen LogP contribution < -0.4 is 11.2 Å². The number of aromatic carboxylic acids is 1. The standard InChI is InChI=1S/C16H16BrN3O5/c17-10-1-3-11(4-2-10)20-14(21)12(9-19-5-7-25-8-6-19)13(15(22)23)18-16(20)24/h1-4H,5-9H2,(H,18,24)(H,22,23). The molecule has 0 spiro atoms. The number of halogens is 1. The van der Waals surface area contributed by atoms with Crippen molar-refractivity contribution in [3.05, 3.63) is 60.8 Å². The molecule has 2 aromatic rings. The summed E-state index contributed by atoms with van der Waals surface area (Å²) in [6.45, 7) is 2.36. The Morgan fingerprint density at radius 1 is 1.20 bits per heavy atom. The van der Waals surface area contributed by atoms with Gasteiger partial charge in [-0.3, -0.25) is 9.69 Å². The zero-order chi connectivity index (χ0) is 18.0. The van der Waals surface area contributed by atoms with Gasteiger partial charge < -0.3 is 14.8 Å². The van der Waals surface area contributed by atoms with Gasteiger partial charge in [0.2, 0.25) is 0 Å². The number of nitrogens with one attached hydrogen (secondary N) is 1. The fourth-order valence-electron chi connectivity index (χ4n) is 2.71. The molecular formula is C16H16BrN3O5. The third-order valence-electron chi connectivity index (χ3n) is 3.98. The molecule has 1 fully saturated rings. The maximum Gasteiger partial charge on any atom is 0.352 e. The van der Waals surface area contributed by atoms with E-state index in [1.807, 2.05) is 4.90 Å². The number of carboxylic acid groups (broad SMARTS) is 1. The molecule has 1 aliphatic heterocycles. The summed E-state index contributed by atoms with van der Waals surface area (Å²) in [5.41, 5.74) is -1.35. The number of H-pyrrole nitrogens is 1. The molecule has 0 unspecified atom stereocenters. The Bertz CT molecular complexity index is 897. The fourth-order valence-corrected chi connectivity index (χ4v) is 2.97. The van der Waals surface area contributed by atoms with E-state index >= 15 is 0 Å². The molecule has 1 aromatic heterocycles.